The maximum atomic E-state index is 12.7. The van der Waals surface area contributed by atoms with Crippen LogP contribution in [0.15, 0.2) is 47.5 Å². The van der Waals surface area contributed by atoms with Crippen LogP contribution in [0.2, 0.25) is 0 Å². The molecule has 2 aromatic carbocycles. The van der Waals surface area contributed by atoms with E-state index in [2.05, 4.69) is 4.99 Å². The molecule has 0 aliphatic heterocycles. The summed E-state index contributed by atoms with van der Waals surface area (Å²) in [6.07, 6.45) is 1.33. The molecular formula is C14H10FNO3. The molecule has 0 unspecified atom stereocenters. The van der Waals surface area contributed by atoms with Crippen LogP contribution in [-0.4, -0.2) is 22.4 Å². The lowest BCUT2D eigenvalue weighted by molar-refractivity contribution is 0.0697. The highest BCUT2D eigenvalue weighted by atomic mass is 19.1. The number of nitrogens with zero attached hydrogens (tertiary/aromatic N) is 1. The molecule has 2 rings (SSSR count). The third-order valence-electron chi connectivity index (χ3n) is 2.45. The smallest absolute Gasteiger partial charge is 0.335 e. The van der Waals surface area contributed by atoms with E-state index < -0.39 is 5.97 Å². The van der Waals surface area contributed by atoms with Crippen molar-refractivity contribution in [2.24, 2.45) is 4.99 Å². The zero-order valence-electron chi connectivity index (χ0n) is 9.75. The number of carboxylic acids is 1. The normalized spacial score (nSPS) is 10.8. The molecule has 0 aliphatic rings. The van der Waals surface area contributed by atoms with Crippen molar-refractivity contribution < 1.29 is 19.4 Å². The third kappa shape index (κ3) is 3.16. The molecule has 0 aromatic heterocycles. The summed E-state index contributed by atoms with van der Waals surface area (Å²) in [7, 11) is 0. The topological polar surface area (TPSA) is 69.9 Å². The number of benzene rings is 2. The molecule has 0 bridgehead atoms. The Morgan fingerprint density at radius 3 is 2.47 bits per heavy atom. The number of carbonyl (C=O) groups is 1. The highest BCUT2D eigenvalue weighted by Gasteiger charge is 2.06. The van der Waals surface area contributed by atoms with Crippen molar-refractivity contribution in [3.05, 3.63) is 59.4 Å². The van der Waals surface area contributed by atoms with Gasteiger partial charge in [-0.15, -0.1) is 0 Å². The number of rotatable bonds is 3. The van der Waals surface area contributed by atoms with Crippen molar-refractivity contribution in [2.75, 3.05) is 0 Å². The van der Waals surface area contributed by atoms with Gasteiger partial charge < -0.3 is 10.2 Å². The molecule has 0 saturated carbocycles. The van der Waals surface area contributed by atoms with Crippen molar-refractivity contribution in [1.29, 1.82) is 0 Å². The van der Waals surface area contributed by atoms with Crippen molar-refractivity contribution in [3.63, 3.8) is 0 Å². The number of phenolic OH excluding ortho intramolecular Hbond substituents is 1. The molecule has 5 heteroatoms. The van der Waals surface area contributed by atoms with Gasteiger partial charge in [0.05, 0.1) is 11.3 Å². The number of hydrogen-bond donors (Lipinski definition) is 2. The molecule has 2 N–H and O–H groups in total. The lowest BCUT2D eigenvalue weighted by Crippen LogP contribution is -1.97. The summed E-state index contributed by atoms with van der Waals surface area (Å²) >= 11 is 0. The first-order chi connectivity index (χ1) is 9.06. The Labute approximate surface area is 108 Å². The lowest BCUT2D eigenvalue weighted by atomic mass is 10.1. The quantitative estimate of drug-likeness (QED) is 0.832. The van der Waals surface area contributed by atoms with Crippen molar-refractivity contribution >= 4 is 17.9 Å². The first-order valence-electron chi connectivity index (χ1n) is 5.42. The van der Waals surface area contributed by atoms with Gasteiger partial charge in [0.25, 0.3) is 0 Å². The highest BCUT2D eigenvalue weighted by Crippen LogP contribution is 2.18. The van der Waals surface area contributed by atoms with Gasteiger partial charge in [-0.1, -0.05) is 0 Å². The van der Waals surface area contributed by atoms with Crippen molar-refractivity contribution in [2.45, 2.75) is 0 Å². The fraction of sp³-hybridized carbons (Fsp3) is 0. The van der Waals surface area contributed by atoms with Gasteiger partial charge in [0, 0.05) is 11.8 Å². The second kappa shape index (κ2) is 5.30. The Morgan fingerprint density at radius 1 is 1.16 bits per heavy atom. The molecule has 0 heterocycles. The molecule has 4 nitrogen and oxygen atoms in total. The Bertz CT molecular complexity index is 636. The minimum absolute atomic E-state index is 0.0540. The summed E-state index contributed by atoms with van der Waals surface area (Å²) in [4.78, 5) is 14.8. The van der Waals surface area contributed by atoms with E-state index in [4.69, 9.17) is 5.11 Å². The molecule has 0 radical (unpaired) electrons. The van der Waals surface area contributed by atoms with E-state index in [1.165, 1.54) is 48.7 Å². The summed E-state index contributed by atoms with van der Waals surface area (Å²) in [6, 6.07) is 9.38. The van der Waals surface area contributed by atoms with Crippen LogP contribution in [0.3, 0.4) is 0 Å². The SMILES string of the molecule is O=C(O)c1ccc(O)c(C=Nc2ccc(F)cc2)c1. The van der Waals surface area contributed by atoms with E-state index >= 15 is 0 Å². The van der Waals surface area contributed by atoms with E-state index in [9.17, 15) is 14.3 Å². The second-order valence-electron chi connectivity index (χ2n) is 3.81. The number of hydrogen-bond acceptors (Lipinski definition) is 3. The maximum absolute atomic E-state index is 12.7. The minimum Gasteiger partial charge on any atom is -0.507 e. The third-order valence-corrected chi connectivity index (χ3v) is 2.45. The Balaban J connectivity index is 2.29. The van der Waals surface area contributed by atoms with Gasteiger partial charge in [0.1, 0.15) is 11.6 Å². The first-order valence-corrected chi connectivity index (χ1v) is 5.42. The van der Waals surface area contributed by atoms with Gasteiger partial charge in [0.2, 0.25) is 0 Å². The van der Waals surface area contributed by atoms with Gasteiger partial charge in [-0.2, -0.15) is 0 Å². The van der Waals surface area contributed by atoms with Gasteiger partial charge in [0.15, 0.2) is 0 Å². The van der Waals surface area contributed by atoms with Gasteiger partial charge in [-0.3, -0.25) is 4.99 Å². The molecule has 0 saturated heterocycles. The predicted octanol–water partition coefficient (Wildman–Crippen LogP) is 2.98. The molecule has 0 atom stereocenters. The number of phenols is 1. The number of aromatic carboxylic acids is 1. The van der Waals surface area contributed by atoms with Crippen LogP contribution in [-0.2, 0) is 0 Å². The van der Waals surface area contributed by atoms with E-state index in [1.807, 2.05) is 0 Å². The summed E-state index contributed by atoms with van der Waals surface area (Å²) in [5, 5.41) is 18.4. The summed E-state index contributed by atoms with van der Waals surface area (Å²) in [5.41, 5.74) is 0.837. The standard InChI is InChI=1S/C14H10FNO3/c15-11-2-4-12(5-3-11)16-8-10-7-9(14(18)19)1-6-13(10)17/h1-8,17H,(H,18,19). The number of halogens is 1. The average molecular weight is 259 g/mol. The van der Waals surface area contributed by atoms with Crippen LogP contribution in [0.5, 0.6) is 5.75 Å². The molecule has 0 spiro atoms. The monoisotopic (exact) mass is 259 g/mol. The summed E-state index contributed by atoms with van der Waals surface area (Å²) in [5.74, 6) is -1.53. The van der Waals surface area contributed by atoms with E-state index in [-0.39, 0.29) is 22.7 Å². The lowest BCUT2D eigenvalue weighted by Gasteiger charge is -2.00. The fourth-order valence-corrected chi connectivity index (χ4v) is 1.46. The van der Waals surface area contributed by atoms with Crippen LogP contribution in [0.25, 0.3) is 0 Å². The zero-order chi connectivity index (χ0) is 13.8. The molecule has 19 heavy (non-hydrogen) atoms. The molecule has 96 valence electrons. The number of carboxylic acid groups (broad SMARTS) is 1. The van der Waals surface area contributed by atoms with Crippen LogP contribution in [0.4, 0.5) is 10.1 Å². The number of aromatic hydroxyl groups is 1. The van der Waals surface area contributed by atoms with Crippen LogP contribution in [0, 0.1) is 5.82 Å². The molecule has 0 amide bonds. The first kappa shape index (κ1) is 12.8. The molecule has 0 fully saturated rings. The van der Waals surface area contributed by atoms with E-state index in [0.717, 1.165) is 0 Å². The second-order valence-corrected chi connectivity index (χ2v) is 3.81. The van der Waals surface area contributed by atoms with Gasteiger partial charge in [-0.25, -0.2) is 9.18 Å². The molecular weight excluding hydrogens is 249 g/mol. The van der Waals surface area contributed by atoms with E-state index in [1.54, 1.807) is 0 Å². The van der Waals surface area contributed by atoms with Gasteiger partial charge >= 0.3 is 5.97 Å². The Kier molecular flexibility index (Phi) is 3.56. The van der Waals surface area contributed by atoms with Gasteiger partial charge in [-0.05, 0) is 42.5 Å². The average Bonchev–Trinajstić information content (AvgIpc) is 2.39. The molecule has 2 aromatic rings. The zero-order valence-corrected chi connectivity index (χ0v) is 9.75. The Morgan fingerprint density at radius 2 is 1.84 bits per heavy atom. The van der Waals surface area contributed by atoms with Crippen LogP contribution in [0.1, 0.15) is 15.9 Å². The minimum atomic E-state index is -1.09. The fourth-order valence-electron chi connectivity index (χ4n) is 1.46. The maximum Gasteiger partial charge on any atom is 0.335 e. The van der Waals surface area contributed by atoms with Crippen LogP contribution < -0.4 is 0 Å². The van der Waals surface area contributed by atoms with Crippen molar-refractivity contribution in [1.82, 2.24) is 0 Å². The number of aliphatic imine (C=N–C) groups is 1. The Hall–Kier alpha value is -2.69. The van der Waals surface area contributed by atoms with Crippen molar-refractivity contribution in [3.8, 4) is 5.75 Å². The summed E-state index contributed by atoms with van der Waals surface area (Å²) in [6.45, 7) is 0. The predicted molar refractivity (Wildman–Crippen MR) is 68.7 cm³/mol. The van der Waals surface area contributed by atoms with Crippen LogP contribution >= 0.6 is 0 Å². The summed E-state index contributed by atoms with van der Waals surface area (Å²) < 4.78 is 12.7. The molecule has 0 aliphatic carbocycles. The largest absolute Gasteiger partial charge is 0.507 e. The highest BCUT2D eigenvalue weighted by molar-refractivity contribution is 5.93. The van der Waals surface area contributed by atoms with E-state index in [0.29, 0.717) is 5.69 Å².